The van der Waals surface area contributed by atoms with Crippen LogP contribution in [0.25, 0.3) is 11.0 Å². The first kappa shape index (κ1) is 16.3. The lowest BCUT2D eigenvalue weighted by Crippen LogP contribution is -2.16. The Kier molecular flexibility index (Phi) is 4.44. The Balaban J connectivity index is 1.69. The number of fused-ring (bicyclic) bond motifs is 1. The van der Waals surface area contributed by atoms with Crippen molar-refractivity contribution in [1.82, 2.24) is 15.0 Å². The van der Waals surface area contributed by atoms with Crippen molar-refractivity contribution >= 4 is 34.4 Å². The molecule has 0 unspecified atom stereocenters. The summed E-state index contributed by atoms with van der Waals surface area (Å²) < 4.78 is 0. The smallest absolute Gasteiger partial charge is 0.275 e. The van der Waals surface area contributed by atoms with Crippen LogP contribution in [0.5, 0.6) is 0 Å². The van der Waals surface area contributed by atoms with Crippen LogP contribution < -0.4 is 10.9 Å². The van der Waals surface area contributed by atoms with Gasteiger partial charge in [-0.25, -0.2) is 4.98 Å². The van der Waals surface area contributed by atoms with Crippen LogP contribution in [-0.4, -0.2) is 26.6 Å². The molecule has 2 aromatic heterocycles. The van der Waals surface area contributed by atoms with Gasteiger partial charge in [-0.2, -0.15) is 0 Å². The summed E-state index contributed by atoms with van der Waals surface area (Å²) in [6, 6.07) is 7.67. The van der Waals surface area contributed by atoms with E-state index in [1.54, 1.807) is 0 Å². The second-order valence-corrected chi connectivity index (χ2v) is 6.70. The Labute approximate surface area is 143 Å². The summed E-state index contributed by atoms with van der Waals surface area (Å²) in [6.07, 6.45) is 0. The number of hydrogen-bond donors (Lipinski definition) is 3. The quantitative estimate of drug-likeness (QED) is 0.502. The Morgan fingerprint density at radius 2 is 2.00 bits per heavy atom. The monoisotopic (exact) mass is 342 g/mol. The van der Waals surface area contributed by atoms with E-state index in [2.05, 4.69) is 20.3 Å². The van der Waals surface area contributed by atoms with E-state index in [0.29, 0.717) is 16.2 Å². The number of anilines is 1. The summed E-state index contributed by atoms with van der Waals surface area (Å²) in [5.41, 5.74) is 4.67. The van der Waals surface area contributed by atoms with Crippen LogP contribution >= 0.6 is 11.8 Å². The third-order valence-electron chi connectivity index (χ3n) is 3.60. The highest BCUT2D eigenvalue weighted by atomic mass is 32.2. The van der Waals surface area contributed by atoms with Crippen molar-refractivity contribution in [3.05, 3.63) is 51.4 Å². The minimum Gasteiger partial charge on any atom is -0.353 e. The van der Waals surface area contributed by atoms with Gasteiger partial charge in [0.05, 0.1) is 11.3 Å². The standard InChI is InChI=1S/C17H18N4O2S/c1-9-4-5-12(10(2)6-9)19-14(22)8-24-17-20-13-7-11(3)18-15(13)16(23)21-17/h4-7,18H,8H2,1-3H3,(H,19,22)(H,20,21,23). The van der Waals surface area contributed by atoms with Crippen molar-refractivity contribution in [1.29, 1.82) is 0 Å². The maximum absolute atomic E-state index is 12.1. The third-order valence-corrected chi connectivity index (χ3v) is 4.47. The maximum Gasteiger partial charge on any atom is 0.275 e. The van der Waals surface area contributed by atoms with Gasteiger partial charge in [0, 0.05) is 11.4 Å². The Hall–Kier alpha value is -2.54. The number of H-pyrrole nitrogens is 2. The van der Waals surface area contributed by atoms with Crippen molar-refractivity contribution in [2.24, 2.45) is 0 Å². The zero-order valence-corrected chi connectivity index (χ0v) is 14.5. The number of benzene rings is 1. The number of aromatic amines is 2. The molecular weight excluding hydrogens is 324 g/mol. The first-order valence-corrected chi connectivity index (χ1v) is 8.50. The van der Waals surface area contributed by atoms with Gasteiger partial charge in [0.2, 0.25) is 5.91 Å². The molecule has 0 aliphatic rings. The van der Waals surface area contributed by atoms with Crippen LogP contribution in [0.15, 0.2) is 34.2 Å². The van der Waals surface area contributed by atoms with Crippen LogP contribution in [0.4, 0.5) is 5.69 Å². The van der Waals surface area contributed by atoms with E-state index in [4.69, 9.17) is 0 Å². The van der Waals surface area contributed by atoms with Gasteiger partial charge < -0.3 is 10.3 Å². The van der Waals surface area contributed by atoms with E-state index in [0.717, 1.165) is 22.5 Å². The predicted octanol–water partition coefficient (Wildman–Crippen LogP) is 2.91. The highest BCUT2D eigenvalue weighted by Gasteiger charge is 2.10. The molecule has 0 fully saturated rings. The molecule has 124 valence electrons. The van der Waals surface area contributed by atoms with E-state index in [9.17, 15) is 9.59 Å². The average Bonchev–Trinajstić information content (AvgIpc) is 2.89. The van der Waals surface area contributed by atoms with Crippen LogP contribution in [0.1, 0.15) is 16.8 Å². The van der Waals surface area contributed by atoms with Crippen molar-refractivity contribution < 1.29 is 4.79 Å². The zero-order chi connectivity index (χ0) is 17.3. The number of aryl methyl sites for hydroxylation is 3. The van der Waals surface area contributed by atoms with E-state index >= 15 is 0 Å². The normalized spacial score (nSPS) is 11.0. The minimum atomic E-state index is -0.231. The van der Waals surface area contributed by atoms with Crippen LogP contribution in [0, 0.1) is 20.8 Å². The average molecular weight is 342 g/mol. The minimum absolute atomic E-state index is 0.139. The van der Waals surface area contributed by atoms with Gasteiger partial charge >= 0.3 is 0 Å². The van der Waals surface area contributed by atoms with E-state index in [1.165, 1.54) is 11.8 Å². The number of aromatic nitrogens is 3. The van der Waals surface area contributed by atoms with Crippen LogP contribution in [0.3, 0.4) is 0 Å². The Morgan fingerprint density at radius 3 is 2.75 bits per heavy atom. The zero-order valence-electron chi connectivity index (χ0n) is 13.7. The number of rotatable bonds is 4. The first-order chi connectivity index (χ1) is 11.4. The van der Waals surface area contributed by atoms with E-state index in [1.807, 2.05) is 45.0 Å². The van der Waals surface area contributed by atoms with E-state index < -0.39 is 0 Å². The molecule has 3 rings (SSSR count). The molecule has 0 saturated heterocycles. The highest BCUT2D eigenvalue weighted by molar-refractivity contribution is 7.99. The van der Waals surface area contributed by atoms with Gasteiger partial charge in [0.1, 0.15) is 5.52 Å². The van der Waals surface area contributed by atoms with E-state index in [-0.39, 0.29) is 17.2 Å². The Bertz CT molecular complexity index is 974. The van der Waals surface area contributed by atoms with Crippen molar-refractivity contribution in [2.45, 2.75) is 25.9 Å². The van der Waals surface area contributed by atoms with Crippen molar-refractivity contribution in [3.8, 4) is 0 Å². The molecular formula is C17H18N4O2S. The molecule has 7 heteroatoms. The van der Waals surface area contributed by atoms with Crippen molar-refractivity contribution in [2.75, 3.05) is 11.1 Å². The largest absolute Gasteiger partial charge is 0.353 e. The summed E-state index contributed by atoms with van der Waals surface area (Å²) in [4.78, 5) is 34.1. The second-order valence-electron chi connectivity index (χ2n) is 5.74. The van der Waals surface area contributed by atoms with Gasteiger partial charge in [0.15, 0.2) is 5.16 Å². The Morgan fingerprint density at radius 1 is 1.21 bits per heavy atom. The van der Waals surface area contributed by atoms with Crippen molar-refractivity contribution in [3.63, 3.8) is 0 Å². The summed E-state index contributed by atoms with van der Waals surface area (Å²) in [6.45, 7) is 5.83. The lowest BCUT2D eigenvalue weighted by molar-refractivity contribution is -0.113. The lowest BCUT2D eigenvalue weighted by atomic mass is 10.1. The molecule has 0 radical (unpaired) electrons. The number of nitrogens with zero attached hydrogens (tertiary/aromatic N) is 1. The summed E-state index contributed by atoms with van der Waals surface area (Å²) >= 11 is 1.20. The molecule has 6 nitrogen and oxygen atoms in total. The summed E-state index contributed by atoms with van der Waals surface area (Å²) in [5, 5.41) is 3.31. The fraction of sp³-hybridized carbons (Fsp3) is 0.235. The third kappa shape index (κ3) is 3.51. The van der Waals surface area contributed by atoms with Gasteiger partial charge in [-0.05, 0) is 38.5 Å². The predicted molar refractivity (Wildman–Crippen MR) is 96.7 cm³/mol. The van der Waals surface area contributed by atoms with Crippen LogP contribution in [0.2, 0.25) is 0 Å². The molecule has 2 heterocycles. The lowest BCUT2D eigenvalue weighted by Gasteiger charge is -2.08. The van der Waals surface area contributed by atoms with Crippen LogP contribution in [-0.2, 0) is 4.79 Å². The van der Waals surface area contributed by atoms with Gasteiger partial charge in [0.25, 0.3) is 5.56 Å². The SMILES string of the molecule is Cc1ccc(NC(=O)CSc2nc3cc(C)[nH]c3c(=O)[nH]2)c(C)c1. The topological polar surface area (TPSA) is 90.6 Å². The molecule has 0 bridgehead atoms. The number of amides is 1. The first-order valence-electron chi connectivity index (χ1n) is 7.52. The van der Waals surface area contributed by atoms with Gasteiger partial charge in [-0.1, -0.05) is 29.5 Å². The molecule has 3 aromatic rings. The molecule has 24 heavy (non-hydrogen) atoms. The number of carbonyl (C=O) groups excluding carboxylic acids is 1. The number of nitrogens with one attached hydrogen (secondary N) is 3. The summed E-state index contributed by atoms with van der Waals surface area (Å²) in [7, 11) is 0. The van der Waals surface area contributed by atoms with Gasteiger partial charge in [-0.15, -0.1) is 0 Å². The fourth-order valence-corrected chi connectivity index (χ4v) is 3.14. The summed E-state index contributed by atoms with van der Waals surface area (Å²) in [5.74, 6) is 0.0329. The number of thioether (sulfide) groups is 1. The molecule has 0 spiro atoms. The molecule has 1 amide bonds. The molecule has 3 N–H and O–H groups in total. The molecule has 0 aliphatic carbocycles. The molecule has 1 aromatic carbocycles. The molecule has 0 atom stereocenters. The highest BCUT2D eigenvalue weighted by Crippen LogP contribution is 2.18. The number of hydrogen-bond acceptors (Lipinski definition) is 4. The molecule has 0 saturated carbocycles. The maximum atomic E-state index is 12.1. The van der Waals surface area contributed by atoms with Gasteiger partial charge in [-0.3, -0.25) is 14.6 Å². The fourth-order valence-electron chi connectivity index (χ4n) is 2.48. The molecule has 0 aliphatic heterocycles. The second kappa shape index (κ2) is 6.52. The number of carbonyl (C=O) groups is 1.